The Kier molecular flexibility index (Phi) is 5.45. The van der Waals surface area contributed by atoms with Gasteiger partial charge in [-0.2, -0.15) is 0 Å². The molecule has 1 atom stereocenters. The minimum absolute atomic E-state index is 0.0906. The molecule has 1 aromatic carbocycles. The molecule has 1 aliphatic heterocycles. The molecule has 0 bridgehead atoms. The van der Waals surface area contributed by atoms with Crippen LogP contribution in [0.1, 0.15) is 17.9 Å². The Hall–Kier alpha value is -1.10. The van der Waals surface area contributed by atoms with Crippen molar-refractivity contribution in [2.45, 2.75) is 12.3 Å². The summed E-state index contributed by atoms with van der Waals surface area (Å²) in [7, 11) is 0. The van der Waals surface area contributed by atoms with Crippen LogP contribution in [0, 0.1) is 0 Å². The van der Waals surface area contributed by atoms with Gasteiger partial charge in [-0.15, -0.1) is 0 Å². The van der Waals surface area contributed by atoms with Crippen LogP contribution in [-0.2, 0) is 4.74 Å². The van der Waals surface area contributed by atoms with Crippen LogP contribution < -0.4 is 10.1 Å². The second-order valence-electron chi connectivity index (χ2n) is 4.41. The Labute approximate surface area is 108 Å². The minimum atomic E-state index is 0.0906. The summed E-state index contributed by atoms with van der Waals surface area (Å²) in [6, 6.07) is 8.25. The maximum Gasteiger partial charge on any atom is 0.122 e. The monoisotopic (exact) mass is 251 g/mol. The van der Waals surface area contributed by atoms with Crippen LogP contribution in [0.2, 0.25) is 0 Å². The van der Waals surface area contributed by atoms with E-state index in [1.165, 1.54) is 5.56 Å². The molecule has 4 heteroatoms. The van der Waals surface area contributed by atoms with E-state index >= 15 is 0 Å². The lowest BCUT2D eigenvalue weighted by molar-refractivity contribution is 0.0936. The highest BCUT2D eigenvalue weighted by molar-refractivity contribution is 5.37. The molecule has 0 aliphatic carbocycles. The first-order valence-corrected chi connectivity index (χ1v) is 6.53. The molecule has 0 amide bonds. The van der Waals surface area contributed by atoms with E-state index in [4.69, 9.17) is 14.6 Å². The Bertz CT molecular complexity index is 357. The third-order valence-corrected chi connectivity index (χ3v) is 3.13. The molecule has 4 nitrogen and oxygen atoms in total. The van der Waals surface area contributed by atoms with Crippen LogP contribution in [0.25, 0.3) is 0 Å². The van der Waals surface area contributed by atoms with Gasteiger partial charge in [-0.3, -0.25) is 0 Å². The smallest absolute Gasteiger partial charge is 0.122 e. The van der Waals surface area contributed by atoms with Gasteiger partial charge in [0.2, 0.25) is 0 Å². The van der Waals surface area contributed by atoms with Crippen molar-refractivity contribution in [3.8, 4) is 5.75 Å². The van der Waals surface area contributed by atoms with Gasteiger partial charge in [-0.25, -0.2) is 0 Å². The van der Waals surface area contributed by atoms with E-state index < -0.39 is 0 Å². The Morgan fingerprint density at radius 2 is 2.22 bits per heavy atom. The maximum atomic E-state index is 8.58. The fourth-order valence-corrected chi connectivity index (χ4v) is 2.22. The highest BCUT2D eigenvalue weighted by atomic mass is 16.5. The average molecular weight is 251 g/mol. The van der Waals surface area contributed by atoms with Crippen molar-refractivity contribution >= 4 is 0 Å². The van der Waals surface area contributed by atoms with Crippen LogP contribution in [0.3, 0.4) is 0 Å². The van der Waals surface area contributed by atoms with E-state index in [1.54, 1.807) is 0 Å². The number of para-hydroxylation sites is 1. The minimum Gasteiger partial charge on any atom is -0.493 e. The van der Waals surface area contributed by atoms with Gasteiger partial charge >= 0.3 is 0 Å². The van der Waals surface area contributed by atoms with Crippen molar-refractivity contribution in [1.29, 1.82) is 0 Å². The van der Waals surface area contributed by atoms with Crippen LogP contribution in [0.5, 0.6) is 5.75 Å². The molecule has 0 fully saturated rings. The zero-order valence-electron chi connectivity index (χ0n) is 10.6. The Morgan fingerprint density at radius 1 is 1.33 bits per heavy atom. The molecule has 18 heavy (non-hydrogen) atoms. The maximum absolute atomic E-state index is 8.58. The quantitative estimate of drug-likeness (QED) is 0.714. The number of benzene rings is 1. The number of fused-ring (bicyclic) bond motifs is 1. The molecule has 100 valence electrons. The number of nitrogens with one attached hydrogen (secondary N) is 1. The molecule has 0 radical (unpaired) electrons. The van der Waals surface area contributed by atoms with Gasteiger partial charge in [0, 0.05) is 19.0 Å². The average Bonchev–Trinajstić information content (AvgIpc) is 2.43. The largest absolute Gasteiger partial charge is 0.493 e. The molecule has 2 N–H and O–H groups in total. The van der Waals surface area contributed by atoms with Crippen molar-refractivity contribution in [1.82, 2.24) is 5.32 Å². The molecule has 2 rings (SSSR count). The Morgan fingerprint density at radius 3 is 3.11 bits per heavy atom. The van der Waals surface area contributed by atoms with E-state index in [9.17, 15) is 0 Å². The van der Waals surface area contributed by atoms with Crippen LogP contribution in [-0.4, -0.2) is 44.6 Å². The molecule has 0 aromatic heterocycles. The van der Waals surface area contributed by atoms with E-state index in [0.717, 1.165) is 31.9 Å². The normalized spacial score (nSPS) is 18.2. The van der Waals surface area contributed by atoms with E-state index in [2.05, 4.69) is 17.4 Å². The summed E-state index contributed by atoms with van der Waals surface area (Å²) in [6.07, 6.45) is 1.06. The van der Waals surface area contributed by atoms with Gasteiger partial charge in [0.15, 0.2) is 0 Å². The lowest BCUT2D eigenvalue weighted by atomic mass is 9.93. The summed E-state index contributed by atoms with van der Waals surface area (Å²) in [5, 5.41) is 12.0. The predicted octanol–water partition coefficient (Wildman–Crippen LogP) is 1.15. The lowest BCUT2D eigenvalue weighted by Gasteiger charge is -2.26. The van der Waals surface area contributed by atoms with Gasteiger partial charge in [0.05, 0.1) is 26.4 Å². The molecule has 0 saturated heterocycles. The molecule has 1 heterocycles. The molecule has 0 saturated carbocycles. The summed E-state index contributed by atoms with van der Waals surface area (Å²) < 4.78 is 10.8. The van der Waals surface area contributed by atoms with Gasteiger partial charge in [-0.1, -0.05) is 18.2 Å². The number of ether oxygens (including phenoxy) is 2. The highest BCUT2D eigenvalue weighted by Crippen LogP contribution is 2.32. The summed E-state index contributed by atoms with van der Waals surface area (Å²) in [6.45, 7) is 3.72. The summed E-state index contributed by atoms with van der Waals surface area (Å²) in [5.74, 6) is 1.54. The summed E-state index contributed by atoms with van der Waals surface area (Å²) >= 11 is 0. The number of rotatable bonds is 7. The number of hydrogen-bond acceptors (Lipinski definition) is 4. The standard InChI is InChI=1S/C14H21NO3/c16-7-10-17-9-6-15-11-12-5-8-18-14-4-2-1-3-13(12)14/h1-4,12,15-16H,5-11H2. The van der Waals surface area contributed by atoms with Crippen molar-refractivity contribution < 1.29 is 14.6 Å². The molecule has 1 aliphatic rings. The fourth-order valence-electron chi connectivity index (χ4n) is 2.22. The molecule has 1 unspecified atom stereocenters. The van der Waals surface area contributed by atoms with Crippen molar-refractivity contribution in [2.75, 3.05) is 39.5 Å². The molecular weight excluding hydrogens is 230 g/mol. The number of aliphatic hydroxyl groups excluding tert-OH is 1. The molecular formula is C14H21NO3. The van der Waals surface area contributed by atoms with Gasteiger partial charge in [0.1, 0.15) is 5.75 Å². The Balaban J connectivity index is 1.74. The van der Waals surface area contributed by atoms with Gasteiger partial charge < -0.3 is 19.9 Å². The fraction of sp³-hybridized carbons (Fsp3) is 0.571. The molecule has 0 spiro atoms. The molecule has 1 aromatic rings. The second-order valence-corrected chi connectivity index (χ2v) is 4.41. The van der Waals surface area contributed by atoms with Crippen LogP contribution in [0.4, 0.5) is 0 Å². The van der Waals surface area contributed by atoms with Crippen molar-refractivity contribution in [3.05, 3.63) is 29.8 Å². The third kappa shape index (κ3) is 3.70. The third-order valence-electron chi connectivity index (χ3n) is 3.13. The summed E-state index contributed by atoms with van der Waals surface area (Å²) in [4.78, 5) is 0. The van der Waals surface area contributed by atoms with Crippen molar-refractivity contribution in [2.24, 2.45) is 0 Å². The highest BCUT2D eigenvalue weighted by Gasteiger charge is 2.20. The SMILES string of the molecule is OCCOCCNCC1CCOc2ccccc21. The van der Waals surface area contributed by atoms with E-state index in [-0.39, 0.29) is 6.61 Å². The summed E-state index contributed by atoms with van der Waals surface area (Å²) in [5.41, 5.74) is 1.30. The van der Waals surface area contributed by atoms with Gasteiger partial charge in [0.25, 0.3) is 0 Å². The zero-order valence-corrected chi connectivity index (χ0v) is 10.6. The lowest BCUT2D eigenvalue weighted by Crippen LogP contribution is -2.28. The van der Waals surface area contributed by atoms with Crippen LogP contribution in [0.15, 0.2) is 24.3 Å². The van der Waals surface area contributed by atoms with E-state index in [1.807, 2.05) is 12.1 Å². The first kappa shape index (κ1) is 13.3. The first-order valence-electron chi connectivity index (χ1n) is 6.53. The number of hydrogen-bond donors (Lipinski definition) is 2. The zero-order chi connectivity index (χ0) is 12.6. The topological polar surface area (TPSA) is 50.7 Å². The van der Waals surface area contributed by atoms with E-state index in [0.29, 0.717) is 19.1 Å². The van der Waals surface area contributed by atoms with Crippen LogP contribution >= 0.6 is 0 Å². The van der Waals surface area contributed by atoms with Crippen molar-refractivity contribution in [3.63, 3.8) is 0 Å². The first-order chi connectivity index (χ1) is 8.92. The number of aliphatic hydroxyl groups is 1. The second kappa shape index (κ2) is 7.36. The predicted molar refractivity (Wildman–Crippen MR) is 70.1 cm³/mol. The van der Waals surface area contributed by atoms with Gasteiger partial charge in [-0.05, 0) is 18.1 Å².